The summed E-state index contributed by atoms with van der Waals surface area (Å²) in [6, 6.07) is 13.1. The van der Waals surface area contributed by atoms with Crippen LogP contribution in [0, 0.1) is 17.2 Å². The van der Waals surface area contributed by atoms with Crippen molar-refractivity contribution in [2.24, 2.45) is 5.92 Å². The van der Waals surface area contributed by atoms with Gasteiger partial charge >= 0.3 is 0 Å². The second-order valence-electron chi connectivity index (χ2n) is 6.22. The molecule has 1 aromatic heterocycles. The van der Waals surface area contributed by atoms with Crippen LogP contribution in [0.4, 0.5) is 0 Å². The summed E-state index contributed by atoms with van der Waals surface area (Å²) in [4.78, 5) is 16.1. The molecule has 3 rings (SSSR count). The molecular weight excluding hydrogens is 318 g/mol. The average molecular weight is 339 g/mol. The van der Waals surface area contributed by atoms with E-state index in [1.54, 1.807) is 35.6 Å². The van der Waals surface area contributed by atoms with Crippen molar-refractivity contribution in [2.45, 2.75) is 19.4 Å². The summed E-state index contributed by atoms with van der Waals surface area (Å²) < 4.78 is 0. The second-order valence-corrected chi connectivity index (χ2v) is 7.25. The number of carbonyl (C=O) groups is 1. The zero-order valence-corrected chi connectivity index (χ0v) is 14.4. The topological polar surface area (TPSA) is 56.1 Å². The van der Waals surface area contributed by atoms with Crippen LogP contribution in [-0.2, 0) is 6.54 Å². The van der Waals surface area contributed by atoms with E-state index in [-0.39, 0.29) is 5.91 Å². The number of nitriles is 1. The summed E-state index contributed by atoms with van der Waals surface area (Å²) in [6.45, 7) is 3.89. The number of likely N-dealkylation sites (tertiary alicyclic amines) is 1. The van der Waals surface area contributed by atoms with Crippen molar-refractivity contribution in [3.05, 3.63) is 57.8 Å². The third-order valence-electron chi connectivity index (χ3n) is 4.39. The lowest BCUT2D eigenvalue weighted by Crippen LogP contribution is -2.40. The molecule has 1 N–H and O–H groups in total. The molecule has 4 nitrogen and oxygen atoms in total. The standard InChI is InChI=1S/C19H21N3OS/c20-11-15-5-7-17(8-6-15)19(23)21-12-16-3-1-9-22(13-16)14-18-4-2-10-24-18/h2,4-8,10,16H,1,3,9,12-14H2,(H,21,23)/t16-/m0/s1. The summed E-state index contributed by atoms with van der Waals surface area (Å²) in [5.41, 5.74) is 1.18. The van der Waals surface area contributed by atoms with E-state index in [0.29, 0.717) is 23.6 Å². The van der Waals surface area contributed by atoms with Crippen LogP contribution in [0.15, 0.2) is 41.8 Å². The molecule has 1 atom stereocenters. The number of nitrogens with one attached hydrogen (secondary N) is 1. The number of piperidine rings is 1. The van der Waals surface area contributed by atoms with Gasteiger partial charge in [0.05, 0.1) is 11.6 Å². The van der Waals surface area contributed by atoms with Crippen molar-refractivity contribution in [1.82, 2.24) is 10.2 Å². The summed E-state index contributed by atoms with van der Waals surface area (Å²) in [5, 5.41) is 14.0. The molecule has 1 amide bonds. The van der Waals surface area contributed by atoms with Gasteiger partial charge in [0.1, 0.15) is 0 Å². The minimum atomic E-state index is -0.0603. The smallest absolute Gasteiger partial charge is 0.251 e. The highest BCUT2D eigenvalue weighted by Crippen LogP contribution is 2.20. The van der Waals surface area contributed by atoms with Crippen molar-refractivity contribution in [3.8, 4) is 6.07 Å². The molecule has 1 saturated heterocycles. The lowest BCUT2D eigenvalue weighted by molar-refractivity contribution is 0.0931. The molecule has 2 aromatic rings. The fraction of sp³-hybridized carbons (Fsp3) is 0.368. The number of carbonyl (C=O) groups excluding carboxylic acids is 1. The van der Waals surface area contributed by atoms with Crippen LogP contribution in [0.1, 0.15) is 33.6 Å². The van der Waals surface area contributed by atoms with Gasteiger partial charge in [-0.05, 0) is 61.0 Å². The highest BCUT2D eigenvalue weighted by Gasteiger charge is 2.20. The SMILES string of the molecule is N#Cc1ccc(C(=O)NC[C@@H]2CCCN(Cc3cccs3)C2)cc1. The number of hydrogen-bond donors (Lipinski definition) is 1. The first kappa shape index (κ1) is 16.7. The zero-order valence-electron chi connectivity index (χ0n) is 13.6. The Morgan fingerprint density at radius 1 is 1.33 bits per heavy atom. The fourth-order valence-corrected chi connectivity index (χ4v) is 3.87. The zero-order chi connectivity index (χ0) is 16.8. The maximum Gasteiger partial charge on any atom is 0.251 e. The van der Waals surface area contributed by atoms with E-state index in [2.05, 4.69) is 33.8 Å². The maximum absolute atomic E-state index is 12.2. The van der Waals surface area contributed by atoms with Gasteiger partial charge in [-0.2, -0.15) is 5.26 Å². The number of nitrogens with zero attached hydrogens (tertiary/aromatic N) is 2. The Hall–Kier alpha value is -2.16. The van der Waals surface area contributed by atoms with E-state index in [9.17, 15) is 4.79 Å². The van der Waals surface area contributed by atoms with E-state index in [4.69, 9.17) is 5.26 Å². The van der Waals surface area contributed by atoms with Crippen molar-refractivity contribution < 1.29 is 4.79 Å². The van der Waals surface area contributed by atoms with E-state index in [1.807, 2.05) is 0 Å². The number of hydrogen-bond acceptors (Lipinski definition) is 4. The van der Waals surface area contributed by atoms with Gasteiger partial charge in [0.15, 0.2) is 0 Å². The van der Waals surface area contributed by atoms with Gasteiger partial charge < -0.3 is 5.32 Å². The number of amides is 1. The minimum absolute atomic E-state index is 0.0603. The first-order valence-corrected chi connectivity index (χ1v) is 9.15. The maximum atomic E-state index is 12.2. The van der Waals surface area contributed by atoms with Crippen LogP contribution in [0.3, 0.4) is 0 Å². The van der Waals surface area contributed by atoms with Gasteiger partial charge in [0, 0.05) is 30.1 Å². The predicted molar refractivity (Wildman–Crippen MR) is 95.8 cm³/mol. The second kappa shape index (κ2) is 8.09. The molecule has 1 aliphatic heterocycles. The van der Waals surface area contributed by atoms with Gasteiger partial charge in [0.25, 0.3) is 5.91 Å². The Labute approximate surface area is 146 Å². The Morgan fingerprint density at radius 3 is 2.88 bits per heavy atom. The molecule has 1 aromatic carbocycles. The largest absolute Gasteiger partial charge is 0.352 e. The van der Waals surface area contributed by atoms with E-state index < -0.39 is 0 Å². The Balaban J connectivity index is 1.48. The van der Waals surface area contributed by atoms with Crippen LogP contribution in [-0.4, -0.2) is 30.4 Å². The Bertz CT molecular complexity index is 703. The third-order valence-corrected chi connectivity index (χ3v) is 5.25. The average Bonchev–Trinajstić information content (AvgIpc) is 3.13. The van der Waals surface area contributed by atoms with Crippen LogP contribution in [0.25, 0.3) is 0 Å². The molecule has 1 fully saturated rings. The first-order valence-electron chi connectivity index (χ1n) is 8.27. The highest BCUT2D eigenvalue weighted by molar-refractivity contribution is 7.09. The van der Waals surface area contributed by atoms with E-state index in [1.165, 1.54) is 11.3 Å². The third kappa shape index (κ3) is 4.44. The van der Waals surface area contributed by atoms with Gasteiger partial charge in [-0.1, -0.05) is 6.07 Å². The molecule has 0 aliphatic carbocycles. The monoisotopic (exact) mass is 339 g/mol. The molecule has 0 bridgehead atoms. The number of benzene rings is 1. The van der Waals surface area contributed by atoms with E-state index >= 15 is 0 Å². The van der Waals surface area contributed by atoms with Gasteiger partial charge in [-0.25, -0.2) is 0 Å². The van der Waals surface area contributed by atoms with Crippen LogP contribution >= 0.6 is 11.3 Å². The highest BCUT2D eigenvalue weighted by atomic mass is 32.1. The van der Waals surface area contributed by atoms with Crippen LogP contribution in [0.5, 0.6) is 0 Å². The van der Waals surface area contributed by atoms with E-state index in [0.717, 1.165) is 26.1 Å². The Morgan fingerprint density at radius 2 is 2.17 bits per heavy atom. The van der Waals surface area contributed by atoms with Crippen molar-refractivity contribution >= 4 is 17.2 Å². The van der Waals surface area contributed by atoms with Crippen LogP contribution in [0.2, 0.25) is 0 Å². The molecule has 5 heteroatoms. The minimum Gasteiger partial charge on any atom is -0.352 e. The summed E-state index contributed by atoms with van der Waals surface area (Å²) in [5.74, 6) is 0.441. The molecule has 2 heterocycles. The fourth-order valence-electron chi connectivity index (χ4n) is 3.12. The van der Waals surface area contributed by atoms with Gasteiger partial charge in [0.2, 0.25) is 0 Å². The molecule has 0 saturated carbocycles. The molecule has 0 radical (unpaired) electrons. The predicted octanol–water partition coefficient (Wildman–Crippen LogP) is 3.26. The molecule has 24 heavy (non-hydrogen) atoms. The molecule has 0 spiro atoms. The lowest BCUT2D eigenvalue weighted by Gasteiger charge is -2.32. The molecule has 124 valence electrons. The Kier molecular flexibility index (Phi) is 5.63. The van der Waals surface area contributed by atoms with Crippen molar-refractivity contribution in [3.63, 3.8) is 0 Å². The van der Waals surface area contributed by atoms with Gasteiger partial charge in [-0.15, -0.1) is 11.3 Å². The van der Waals surface area contributed by atoms with Crippen molar-refractivity contribution in [1.29, 1.82) is 5.26 Å². The lowest BCUT2D eigenvalue weighted by atomic mass is 9.97. The number of rotatable bonds is 5. The summed E-state index contributed by atoms with van der Waals surface area (Å²) in [6.07, 6.45) is 2.34. The molecular formula is C19H21N3OS. The van der Waals surface area contributed by atoms with Gasteiger partial charge in [-0.3, -0.25) is 9.69 Å². The van der Waals surface area contributed by atoms with Crippen molar-refractivity contribution in [2.75, 3.05) is 19.6 Å². The van der Waals surface area contributed by atoms with Crippen LogP contribution < -0.4 is 5.32 Å². The number of thiophene rings is 1. The molecule has 1 aliphatic rings. The summed E-state index contributed by atoms with van der Waals surface area (Å²) in [7, 11) is 0. The first-order chi connectivity index (χ1) is 11.7. The summed E-state index contributed by atoms with van der Waals surface area (Å²) >= 11 is 1.80. The quantitative estimate of drug-likeness (QED) is 0.910. The molecule has 0 unspecified atom stereocenters. The normalized spacial score (nSPS) is 18.0.